The first-order chi connectivity index (χ1) is 19.6. The average Bonchev–Trinajstić information content (AvgIpc) is 3.38. The van der Waals surface area contributed by atoms with Gasteiger partial charge in [0.2, 0.25) is 5.91 Å². The highest BCUT2D eigenvalue weighted by atomic mass is 16.6. The minimum Gasteiger partial charge on any atom is -0.460 e. The molecule has 0 radical (unpaired) electrons. The lowest BCUT2D eigenvalue weighted by Crippen LogP contribution is -2.44. The van der Waals surface area contributed by atoms with Crippen LogP contribution in [0, 0.1) is 17.3 Å². The van der Waals surface area contributed by atoms with Crippen LogP contribution in [-0.2, 0) is 14.3 Å². The molecule has 0 saturated carbocycles. The van der Waals surface area contributed by atoms with Crippen molar-refractivity contribution >= 4 is 11.9 Å². The van der Waals surface area contributed by atoms with E-state index in [1.807, 2.05) is 57.7 Å². The van der Waals surface area contributed by atoms with Crippen LogP contribution in [0.4, 0.5) is 0 Å². The zero-order valence-electron chi connectivity index (χ0n) is 27.5. The van der Waals surface area contributed by atoms with E-state index in [9.17, 15) is 9.59 Å². The van der Waals surface area contributed by atoms with Crippen LogP contribution < -0.4 is 5.73 Å². The Morgan fingerprint density at radius 3 is 1.90 bits per heavy atom. The molecule has 6 nitrogen and oxygen atoms in total. The van der Waals surface area contributed by atoms with Gasteiger partial charge in [0, 0.05) is 31.2 Å². The fourth-order valence-corrected chi connectivity index (χ4v) is 6.85. The number of hydrogen-bond acceptors (Lipinski definition) is 5. The summed E-state index contributed by atoms with van der Waals surface area (Å²) in [5.41, 5.74) is 7.94. The summed E-state index contributed by atoms with van der Waals surface area (Å²) in [4.78, 5) is 29.2. The van der Waals surface area contributed by atoms with E-state index >= 15 is 0 Å². The first kappa shape index (κ1) is 33.8. The number of benzene rings is 2. The van der Waals surface area contributed by atoms with Crippen LogP contribution >= 0.6 is 0 Å². The van der Waals surface area contributed by atoms with Gasteiger partial charge in [-0.15, -0.1) is 0 Å². The predicted molar refractivity (Wildman–Crippen MR) is 172 cm³/mol. The van der Waals surface area contributed by atoms with Crippen LogP contribution in [0.1, 0.15) is 105 Å². The summed E-state index contributed by atoms with van der Waals surface area (Å²) in [5, 5.41) is 0. The minimum atomic E-state index is -0.412. The van der Waals surface area contributed by atoms with E-state index in [1.165, 1.54) is 11.1 Å². The lowest BCUT2D eigenvalue weighted by Gasteiger charge is -2.31. The van der Waals surface area contributed by atoms with E-state index in [2.05, 4.69) is 75.1 Å². The predicted octanol–water partition coefficient (Wildman–Crippen LogP) is 7.16. The highest BCUT2D eigenvalue weighted by Crippen LogP contribution is 2.44. The number of likely N-dealkylation sites (tertiary alicyclic amines) is 2. The van der Waals surface area contributed by atoms with Crippen molar-refractivity contribution in [3.63, 3.8) is 0 Å². The Bertz CT molecular complexity index is 1160. The van der Waals surface area contributed by atoms with Crippen molar-refractivity contribution < 1.29 is 14.3 Å². The standard InChI is InChI=1S/C21H33NO2.C15H22N2O/c1-7-18-14-22(16(2)17-11-9-8-10-12-17)15-21(18,6)13-19(23)24-20(3,4)5;1-4-13-14(18)17(10-15(13,3)16)11(2)12-8-6-5-7-9-12/h8-12,16,18H,7,13-15H2,1-6H3;5-9,11,13H,4,10,16H2,1-3H3/t16-,18?,21?;11-,13?,15?/m11/s1. The lowest BCUT2D eigenvalue weighted by atomic mass is 9.76. The molecule has 232 valence electrons. The Morgan fingerprint density at radius 1 is 0.929 bits per heavy atom. The van der Waals surface area contributed by atoms with Gasteiger partial charge >= 0.3 is 5.97 Å². The van der Waals surface area contributed by atoms with Gasteiger partial charge in [0.25, 0.3) is 0 Å². The van der Waals surface area contributed by atoms with Crippen LogP contribution in [0.3, 0.4) is 0 Å². The van der Waals surface area contributed by atoms with Gasteiger partial charge in [0.05, 0.1) is 18.4 Å². The second-order valence-corrected chi connectivity index (χ2v) is 14.1. The molecule has 0 aromatic heterocycles. The molecule has 42 heavy (non-hydrogen) atoms. The molecule has 4 unspecified atom stereocenters. The maximum Gasteiger partial charge on any atom is 0.306 e. The second-order valence-electron chi connectivity index (χ2n) is 14.1. The number of hydrogen-bond donors (Lipinski definition) is 1. The molecule has 2 aliphatic heterocycles. The van der Waals surface area contributed by atoms with Crippen molar-refractivity contribution in [3.8, 4) is 0 Å². The van der Waals surface area contributed by atoms with E-state index in [-0.39, 0.29) is 29.3 Å². The van der Waals surface area contributed by atoms with Gasteiger partial charge in [0.1, 0.15) is 5.60 Å². The van der Waals surface area contributed by atoms with E-state index in [0.29, 0.717) is 24.9 Å². The van der Waals surface area contributed by atoms with Crippen molar-refractivity contribution in [3.05, 3.63) is 71.8 Å². The number of carbonyl (C=O) groups is 2. The van der Waals surface area contributed by atoms with Gasteiger partial charge in [-0.1, -0.05) is 87.9 Å². The van der Waals surface area contributed by atoms with E-state index in [4.69, 9.17) is 10.5 Å². The summed E-state index contributed by atoms with van der Waals surface area (Å²) in [6.07, 6.45) is 2.40. The topological polar surface area (TPSA) is 75.9 Å². The molecule has 6 heteroatoms. The number of amides is 1. The molecule has 2 aromatic rings. The van der Waals surface area contributed by atoms with Crippen LogP contribution in [0.5, 0.6) is 0 Å². The lowest BCUT2D eigenvalue weighted by molar-refractivity contribution is -0.158. The quantitative estimate of drug-likeness (QED) is 0.337. The number of nitrogens with two attached hydrogens (primary N) is 1. The molecule has 0 aliphatic carbocycles. The molecule has 0 bridgehead atoms. The Kier molecular flexibility index (Phi) is 11.0. The highest BCUT2D eigenvalue weighted by Gasteiger charge is 2.47. The SMILES string of the molecule is CCC1C(=O)N([C@H](C)c2ccccc2)CC1(C)N.CCC1CN([C@H](C)c2ccccc2)CC1(C)CC(=O)OC(C)(C)C. The number of carbonyl (C=O) groups excluding carboxylic acids is 2. The van der Waals surface area contributed by atoms with E-state index in [1.54, 1.807) is 0 Å². The van der Waals surface area contributed by atoms with Crippen LogP contribution in [0.25, 0.3) is 0 Å². The molecule has 0 spiro atoms. The van der Waals surface area contributed by atoms with Gasteiger partial charge in [0.15, 0.2) is 0 Å². The molecule has 2 saturated heterocycles. The minimum absolute atomic E-state index is 0.0138. The van der Waals surface area contributed by atoms with Crippen molar-refractivity contribution in [2.75, 3.05) is 19.6 Å². The third-order valence-corrected chi connectivity index (χ3v) is 9.34. The smallest absolute Gasteiger partial charge is 0.306 e. The normalized spacial score (nSPS) is 27.8. The van der Waals surface area contributed by atoms with Gasteiger partial charge in [-0.3, -0.25) is 14.5 Å². The van der Waals surface area contributed by atoms with Crippen LogP contribution in [0.15, 0.2) is 60.7 Å². The van der Waals surface area contributed by atoms with Gasteiger partial charge in [-0.05, 0) is 70.4 Å². The fraction of sp³-hybridized carbons (Fsp3) is 0.611. The summed E-state index contributed by atoms with van der Waals surface area (Å²) in [6, 6.07) is 21.2. The Balaban J connectivity index is 0.000000240. The maximum atomic E-state index is 12.4. The summed E-state index contributed by atoms with van der Waals surface area (Å²) >= 11 is 0. The number of rotatable bonds is 8. The Hall–Kier alpha value is -2.70. The van der Waals surface area contributed by atoms with Gasteiger partial charge in [-0.2, -0.15) is 0 Å². The molecule has 6 atom stereocenters. The zero-order chi connectivity index (χ0) is 31.3. The van der Waals surface area contributed by atoms with E-state index in [0.717, 1.165) is 25.9 Å². The van der Waals surface area contributed by atoms with Crippen molar-refractivity contribution in [2.45, 2.75) is 105 Å². The number of esters is 1. The van der Waals surface area contributed by atoms with Crippen molar-refractivity contribution in [2.24, 2.45) is 23.0 Å². The zero-order valence-corrected chi connectivity index (χ0v) is 27.5. The summed E-state index contributed by atoms with van der Waals surface area (Å²) in [5.74, 6) is 0.594. The first-order valence-corrected chi connectivity index (χ1v) is 15.8. The molecule has 2 heterocycles. The van der Waals surface area contributed by atoms with E-state index < -0.39 is 11.1 Å². The maximum absolute atomic E-state index is 12.4. The van der Waals surface area contributed by atoms with Crippen LogP contribution in [-0.4, -0.2) is 52.5 Å². The van der Waals surface area contributed by atoms with Gasteiger partial charge < -0.3 is 15.4 Å². The molecule has 2 N–H and O–H groups in total. The van der Waals surface area contributed by atoms with Crippen molar-refractivity contribution in [1.29, 1.82) is 0 Å². The van der Waals surface area contributed by atoms with Crippen LogP contribution in [0.2, 0.25) is 0 Å². The Labute approximate surface area is 255 Å². The molecule has 2 aliphatic rings. The summed E-state index contributed by atoms with van der Waals surface area (Å²) in [7, 11) is 0. The number of nitrogens with zero attached hydrogens (tertiary/aromatic N) is 2. The van der Waals surface area contributed by atoms with Crippen molar-refractivity contribution in [1.82, 2.24) is 9.80 Å². The molecule has 1 amide bonds. The molecule has 4 rings (SSSR count). The third kappa shape index (κ3) is 8.23. The average molecular weight is 578 g/mol. The monoisotopic (exact) mass is 577 g/mol. The largest absolute Gasteiger partial charge is 0.460 e. The first-order valence-electron chi connectivity index (χ1n) is 15.8. The number of ether oxygens (including phenoxy) is 1. The second kappa shape index (κ2) is 13.7. The summed E-state index contributed by atoms with van der Waals surface area (Å²) in [6.45, 7) is 21.3. The molecular weight excluding hydrogens is 522 g/mol. The third-order valence-electron chi connectivity index (χ3n) is 9.34. The fourth-order valence-electron chi connectivity index (χ4n) is 6.85. The molecule has 2 aromatic carbocycles. The summed E-state index contributed by atoms with van der Waals surface area (Å²) < 4.78 is 5.58. The Morgan fingerprint density at radius 2 is 1.45 bits per heavy atom. The highest BCUT2D eigenvalue weighted by molar-refractivity contribution is 5.83. The molecule has 2 fully saturated rings. The molecular formula is C36H55N3O3. The van der Waals surface area contributed by atoms with Gasteiger partial charge in [-0.25, -0.2) is 0 Å².